The topological polar surface area (TPSA) is 38.5 Å². The third-order valence-electron chi connectivity index (χ3n) is 3.97. The lowest BCUT2D eigenvalue weighted by atomic mass is 9.98. The Labute approximate surface area is 124 Å². The summed E-state index contributed by atoms with van der Waals surface area (Å²) in [7, 11) is 2.06. The molecule has 5 heteroatoms. The van der Waals surface area contributed by atoms with Crippen molar-refractivity contribution in [3.8, 4) is 0 Å². The Hall–Kier alpha value is -0.680. The normalized spacial score (nSPS) is 18.4. The van der Waals surface area contributed by atoms with Gasteiger partial charge in [-0.25, -0.2) is 4.39 Å². The van der Waals surface area contributed by atoms with Crippen LogP contribution in [0.2, 0.25) is 5.02 Å². The number of nitrogens with two attached hydrogens (primary N) is 1. The largest absolute Gasteiger partial charge is 0.381 e. The van der Waals surface area contributed by atoms with Crippen LogP contribution < -0.4 is 5.73 Å². The van der Waals surface area contributed by atoms with E-state index in [1.54, 1.807) is 12.1 Å². The monoisotopic (exact) mass is 300 g/mol. The number of likely N-dealkylation sites (N-methyl/N-ethyl adjacent to an activating group) is 1. The third-order valence-corrected chi connectivity index (χ3v) is 4.26. The summed E-state index contributed by atoms with van der Waals surface area (Å²) < 4.78 is 18.6. The van der Waals surface area contributed by atoms with E-state index in [1.807, 2.05) is 0 Å². The van der Waals surface area contributed by atoms with Crippen molar-refractivity contribution in [3.63, 3.8) is 0 Å². The number of rotatable bonds is 5. The van der Waals surface area contributed by atoms with Gasteiger partial charge in [-0.1, -0.05) is 17.7 Å². The molecule has 1 aliphatic heterocycles. The number of nitrogens with zero attached hydrogens (tertiary/aromatic N) is 1. The molecule has 112 valence electrons. The van der Waals surface area contributed by atoms with Crippen LogP contribution in [0.5, 0.6) is 0 Å². The van der Waals surface area contributed by atoms with Crippen molar-refractivity contribution >= 4 is 11.6 Å². The quantitative estimate of drug-likeness (QED) is 0.909. The second kappa shape index (κ2) is 7.36. The van der Waals surface area contributed by atoms with Crippen LogP contribution in [0, 0.1) is 11.7 Å². The molecule has 1 aromatic rings. The Morgan fingerprint density at radius 2 is 2.15 bits per heavy atom. The van der Waals surface area contributed by atoms with E-state index >= 15 is 0 Å². The van der Waals surface area contributed by atoms with Crippen molar-refractivity contribution in [1.29, 1.82) is 0 Å². The molecule has 3 nitrogen and oxygen atoms in total. The van der Waals surface area contributed by atoms with Gasteiger partial charge in [-0.2, -0.15) is 0 Å². The van der Waals surface area contributed by atoms with Gasteiger partial charge in [0.05, 0.1) is 5.02 Å². The fourth-order valence-electron chi connectivity index (χ4n) is 2.75. The summed E-state index contributed by atoms with van der Waals surface area (Å²) in [6, 6.07) is 4.91. The number of benzene rings is 1. The molecule has 1 aromatic carbocycles. The molecule has 1 saturated heterocycles. The highest BCUT2D eigenvalue weighted by molar-refractivity contribution is 6.30. The molecule has 1 atom stereocenters. The smallest absolute Gasteiger partial charge is 0.141 e. The zero-order valence-electron chi connectivity index (χ0n) is 11.8. The van der Waals surface area contributed by atoms with E-state index in [2.05, 4.69) is 11.9 Å². The van der Waals surface area contributed by atoms with Crippen molar-refractivity contribution in [2.45, 2.75) is 18.9 Å². The van der Waals surface area contributed by atoms with Crippen LogP contribution >= 0.6 is 11.6 Å². The summed E-state index contributed by atoms with van der Waals surface area (Å²) >= 11 is 5.86. The van der Waals surface area contributed by atoms with Crippen LogP contribution in [0.1, 0.15) is 24.4 Å². The Morgan fingerprint density at radius 1 is 1.45 bits per heavy atom. The first-order valence-corrected chi connectivity index (χ1v) is 7.42. The van der Waals surface area contributed by atoms with E-state index in [4.69, 9.17) is 22.1 Å². The van der Waals surface area contributed by atoms with Gasteiger partial charge in [0.15, 0.2) is 0 Å². The number of hydrogen-bond acceptors (Lipinski definition) is 3. The minimum atomic E-state index is -0.390. The molecule has 20 heavy (non-hydrogen) atoms. The predicted octanol–water partition coefficient (Wildman–Crippen LogP) is 2.84. The van der Waals surface area contributed by atoms with E-state index in [0.717, 1.165) is 38.2 Å². The van der Waals surface area contributed by atoms with E-state index in [1.165, 1.54) is 6.07 Å². The average molecular weight is 301 g/mol. The van der Waals surface area contributed by atoms with Gasteiger partial charge in [-0.15, -0.1) is 0 Å². The molecule has 1 unspecified atom stereocenters. The first-order chi connectivity index (χ1) is 9.61. The number of ether oxygens (including phenoxy) is 1. The highest BCUT2D eigenvalue weighted by Crippen LogP contribution is 2.26. The van der Waals surface area contributed by atoms with Gasteiger partial charge in [-0.05, 0) is 43.5 Å². The van der Waals surface area contributed by atoms with Crippen LogP contribution in [0.4, 0.5) is 4.39 Å². The van der Waals surface area contributed by atoms with E-state index in [9.17, 15) is 4.39 Å². The molecule has 1 fully saturated rings. The van der Waals surface area contributed by atoms with Crippen molar-refractivity contribution in [3.05, 3.63) is 34.6 Å². The van der Waals surface area contributed by atoms with Crippen molar-refractivity contribution in [2.24, 2.45) is 11.7 Å². The summed E-state index contributed by atoms with van der Waals surface area (Å²) in [5.74, 6) is 0.247. The molecule has 0 aliphatic carbocycles. The Kier molecular flexibility index (Phi) is 5.78. The van der Waals surface area contributed by atoms with Crippen LogP contribution in [-0.4, -0.2) is 38.3 Å². The highest BCUT2D eigenvalue weighted by Gasteiger charge is 2.21. The van der Waals surface area contributed by atoms with Gasteiger partial charge >= 0.3 is 0 Å². The minimum Gasteiger partial charge on any atom is -0.381 e. The van der Waals surface area contributed by atoms with E-state index in [0.29, 0.717) is 12.5 Å². The molecule has 0 bridgehead atoms. The molecule has 0 spiro atoms. The highest BCUT2D eigenvalue weighted by atomic mass is 35.5. The summed E-state index contributed by atoms with van der Waals surface area (Å²) in [6.45, 7) is 3.14. The van der Waals surface area contributed by atoms with Crippen LogP contribution in [0.15, 0.2) is 18.2 Å². The Morgan fingerprint density at radius 3 is 2.75 bits per heavy atom. The molecule has 0 saturated carbocycles. The Balaban J connectivity index is 2.03. The number of hydrogen-bond donors (Lipinski definition) is 1. The average Bonchev–Trinajstić information content (AvgIpc) is 2.44. The standard InChI is InChI=1S/C15H22ClFN2O/c1-19(10-11-4-6-20-7-5-11)15(9-18)12-2-3-14(17)13(16)8-12/h2-3,8,11,15H,4-7,9-10,18H2,1H3. The van der Waals surface area contributed by atoms with E-state index in [-0.39, 0.29) is 11.1 Å². The number of halogens is 2. The van der Waals surface area contributed by atoms with Gasteiger partial charge in [0.25, 0.3) is 0 Å². The fourth-order valence-corrected chi connectivity index (χ4v) is 2.94. The lowest BCUT2D eigenvalue weighted by molar-refractivity contribution is 0.0507. The second-order valence-corrected chi connectivity index (χ2v) is 5.83. The van der Waals surface area contributed by atoms with Gasteiger partial charge < -0.3 is 10.5 Å². The molecule has 0 amide bonds. The van der Waals surface area contributed by atoms with E-state index < -0.39 is 5.82 Å². The van der Waals surface area contributed by atoms with Crippen LogP contribution in [0.3, 0.4) is 0 Å². The van der Waals surface area contributed by atoms with Gasteiger partial charge in [0, 0.05) is 32.3 Å². The van der Waals surface area contributed by atoms with Crippen molar-refractivity contribution in [2.75, 3.05) is 33.4 Å². The summed E-state index contributed by atoms with van der Waals surface area (Å²) in [4.78, 5) is 2.24. The second-order valence-electron chi connectivity index (χ2n) is 5.42. The maximum absolute atomic E-state index is 13.2. The SMILES string of the molecule is CN(CC1CCOCC1)C(CN)c1ccc(F)c(Cl)c1. The maximum atomic E-state index is 13.2. The molecule has 1 heterocycles. The molecular weight excluding hydrogens is 279 g/mol. The van der Waals surface area contributed by atoms with Crippen LogP contribution in [0.25, 0.3) is 0 Å². The first kappa shape index (κ1) is 15.7. The van der Waals surface area contributed by atoms with Gasteiger partial charge in [0.2, 0.25) is 0 Å². The van der Waals surface area contributed by atoms with Crippen molar-refractivity contribution < 1.29 is 9.13 Å². The molecule has 2 N–H and O–H groups in total. The van der Waals surface area contributed by atoms with Crippen LogP contribution in [-0.2, 0) is 4.74 Å². The summed E-state index contributed by atoms with van der Waals surface area (Å²) in [6.07, 6.45) is 2.18. The summed E-state index contributed by atoms with van der Waals surface area (Å²) in [5, 5.41) is 0.153. The van der Waals surface area contributed by atoms with Gasteiger partial charge in [-0.3, -0.25) is 4.90 Å². The molecule has 2 rings (SSSR count). The van der Waals surface area contributed by atoms with Crippen molar-refractivity contribution in [1.82, 2.24) is 4.90 Å². The zero-order chi connectivity index (χ0) is 14.5. The zero-order valence-corrected chi connectivity index (χ0v) is 12.6. The van der Waals surface area contributed by atoms with Gasteiger partial charge in [0.1, 0.15) is 5.82 Å². The lowest BCUT2D eigenvalue weighted by Crippen LogP contribution is -2.36. The minimum absolute atomic E-state index is 0.0657. The summed E-state index contributed by atoms with van der Waals surface area (Å²) in [5.41, 5.74) is 6.86. The predicted molar refractivity (Wildman–Crippen MR) is 79.4 cm³/mol. The molecule has 1 aliphatic rings. The first-order valence-electron chi connectivity index (χ1n) is 7.04. The Bertz CT molecular complexity index is 438. The lowest BCUT2D eigenvalue weighted by Gasteiger charge is -2.32. The maximum Gasteiger partial charge on any atom is 0.141 e. The molecule has 0 aromatic heterocycles. The molecule has 0 radical (unpaired) electrons. The fraction of sp³-hybridized carbons (Fsp3) is 0.600. The molecular formula is C15H22ClFN2O. The third kappa shape index (κ3) is 3.92.